The average molecular weight is 353 g/mol. The first kappa shape index (κ1) is 16.5. The summed E-state index contributed by atoms with van der Waals surface area (Å²) < 4.78 is 8.61. The van der Waals surface area contributed by atoms with Crippen molar-refractivity contribution < 1.29 is 9.63 Å². The molecule has 0 saturated carbocycles. The van der Waals surface area contributed by atoms with Crippen LogP contribution < -0.4 is 5.56 Å². The van der Waals surface area contributed by atoms with Gasteiger partial charge in [0.2, 0.25) is 5.82 Å². The zero-order valence-electron chi connectivity index (χ0n) is 15.0. The van der Waals surface area contributed by atoms with Gasteiger partial charge in [-0.15, -0.1) is 0 Å². The third-order valence-electron chi connectivity index (χ3n) is 4.27. The van der Waals surface area contributed by atoms with E-state index in [4.69, 9.17) is 4.52 Å². The van der Waals surface area contributed by atoms with E-state index in [9.17, 15) is 9.90 Å². The van der Waals surface area contributed by atoms with Gasteiger partial charge >= 0.3 is 0 Å². The number of nitrogens with zero attached hydrogens (tertiary/aromatic N) is 5. The van der Waals surface area contributed by atoms with Crippen LogP contribution in [0.5, 0.6) is 0 Å². The van der Waals surface area contributed by atoms with Crippen molar-refractivity contribution in [3.8, 4) is 11.5 Å². The van der Waals surface area contributed by atoms with Crippen molar-refractivity contribution in [2.24, 2.45) is 0 Å². The Morgan fingerprint density at radius 2 is 1.88 bits per heavy atom. The molecule has 4 rings (SSSR count). The van der Waals surface area contributed by atoms with Crippen LogP contribution in [0, 0.1) is 0 Å². The Morgan fingerprint density at radius 3 is 2.50 bits per heavy atom. The fourth-order valence-electron chi connectivity index (χ4n) is 3.07. The third kappa shape index (κ3) is 2.33. The quantitative estimate of drug-likeness (QED) is 0.608. The number of aromatic nitrogens is 5. The molecule has 0 bridgehead atoms. The topological polar surface area (TPSA) is 98.5 Å². The molecular weight excluding hydrogens is 334 g/mol. The summed E-state index contributed by atoms with van der Waals surface area (Å²) in [4.78, 5) is 21.8. The lowest BCUT2D eigenvalue weighted by atomic mass is 10.1. The van der Waals surface area contributed by atoms with E-state index in [1.807, 2.05) is 38.1 Å². The predicted molar refractivity (Wildman–Crippen MR) is 95.9 cm³/mol. The van der Waals surface area contributed by atoms with Gasteiger partial charge in [-0.3, -0.25) is 9.20 Å². The molecule has 0 aliphatic rings. The minimum absolute atomic E-state index is 0.0302. The van der Waals surface area contributed by atoms with E-state index < -0.39 is 5.60 Å². The van der Waals surface area contributed by atoms with Crippen molar-refractivity contribution in [1.29, 1.82) is 0 Å². The second-order valence-corrected chi connectivity index (χ2v) is 7.05. The summed E-state index contributed by atoms with van der Waals surface area (Å²) in [5, 5.41) is 13.9. The fraction of sp³-hybridized carbons (Fsp3) is 0.333. The van der Waals surface area contributed by atoms with Crippen LogP contribution in [0.4, 0.5) is 0 Å². The molecule has 0 saturated heterocycles. The molecule has 0 aliphatic carbocycles. The van der Waals surface area contributed by atoms with E-state index in [-0.39, 0.29) is 23.3 Å². The van der Waals surface area contributed by atoms with Crippen LogP contribution in [0.15, 0.2) is 39.9 Å². The Labute approximate surface area is 148 Å². The number of hydrogen-bond donors (Lipinski definition) is 1. The summed E-state index contributed by atoms with van der Waals surface area (Å²) in [6.45, 7) is 7.02. The van der Waals surface area contributed by atoms with Gasteiger partial charge in [0.05, 0.1) is 11.0 Å². The molecule has 1 N–H and O–H groups in total. The second kappa shape index (κ2) is 5.50. The zero-order valence-corrected chi connectivity index (χ0v) is 15.0. The van der Waals surface area contributed by atoms with Crippen LogP contribution in [-0.2, 0) is 5.60 Å². The van der Waals surface area contributed by atoms with Crippen molar-refractivity contribution in [3.05, 3.63) is 46.8 Å². The van der Waals surface area contributed by atoms with Gasteiger partial charge in [0, 0.05) is 6.04 Å². The normalized spacial score (nSPS) is 12.5. The maximum absolute atomic E-state index is 13.2. The summed E-state index contributed by atoms with van der Waals surface area (Å²) in [5.41, 5.74) is 0.941. The molecule has 0 radical (unpaired) electrons. The Balaban J connectivity index is 2.08. The number of fused-ring (bicyclic) bond motifs is 3. The van der Waals surface area contributed by atoms with Crippen molar-refractivity contribution in [1.82, 2.24) is 24.1 Å². The van der Waals surface area contributed by atoms with Crippen LogP contribution in [-0.4, -0.2) is 29.2 Å². The van der Waals surface area contributed by atoms with Gasteiger partial charge in [-0.2, -0.15) is 4.98 Å². The highest BCUT2D eigenvalue weighted by molar-refractivity contribution is 5.83. The molecule has 0 unspecified atom stereocenters. The largest absolute Gasteiger partial charge is 0.381 e. The fourth-order valence-corrected chi connectivity index (χ4v) is 3.07. The number of hydrogen-bond acceptors (Lipinski definition) is 6. The molecular formula is C18H19N5O3. The minimum atomic E-state index is -1.27. The van der Waals surface area contributed by atoms with E-state index in [1.54, 1.807) is 29.1 Å². The standard InChI is InChI=1S/C18H19N5O3/c1-10(2)23-12-8-6-5-7-11(12)22-9-19-13(14(22)16(23)24)15-20-17(26-21-15)18(3,4)25/h5-10,25H,1-4H3. The summed E-state index contributed by atoms with van der Waals surface area (Å²) in [5.74, 6) is 0.242. The van der Waals surface area contributed by atoms with E-state index >= 15 is 0 Å². The van der Waals surface area contributed by atoms with Crippen LogP contribution in [0.1, 0.15) is 39.6 Å². The Morgan fingerprint density at radius 1 is 1.19 bits per heavy atom. The lowest BCUT2D eigenvalue weighted by Crippen LogP contribution is -2.24. The van der Waals surface area contributed by atoms with Gasteiger partial charge in [0.25, 0.3) is 11.4 Å². The SMILES string of the molecule is CC(C)n1c(=O)c2c(-c3noc(C(C)(C)O)n3)ncn2c2ccccc21. The van der Waals surface area contributed by atoms with Crippen LogP contribution in [0.3, 0.4) is 0 Å². The molecule has 0 aliphatic heterocycles. The first-order valence-electron chi connectivity index (χ1n) is 8.36. The summed E-state index contributed by atoms with van der Waals surface area (Å²) in [7, 11) is 0. The van der Waals surface area contributed by atoms with Gasteiger partial charge in [-0.05, 0) is 39.8 Å². The van der Waals surface area contributed by atoms with Crippen molar-refractivity contribution in [2.75, 3.05) is 0 Å². The lowest BCUT2D eigenvalue weighted by molar-refractivity contribution is 0.0420. The monoisotopic (exact) mass is 353 g/mol. The van der Waals surface area contributed by atoms with Crippen molar-refractivity contribution in [3.63, 3.8) is 0 Å². The Bertz CT molecular complexity index is 1180. The maximum Gasteiger partial charge on any atom is 0.278 e. The lowest BCUT2D eigenvalue weighted by Gasteiger charge is -2.15. The Hall–Kier alpha value is -3.00. The number of aliphatic hydroxyl groups is 1. The van der Waals surface area contributed by atoms with Crippen LogP contribution >= 0.6 is 0 Å². The van der Waals surface area contributed by atoms with E-state index in [0.717, 1.165) is 11.0 Å². The molecule has 8 heteroatoms. The summed E-state index contributed by atoms with van der Waals surface area (Å²) >= 11 is 0. The van der Waals surface area contributed by atoms with Gasteiger partial charge in [0.15, 0.2) is 0 Å². The summed E-state index contributed by atoms with van der Waals surface area (Å²) in [6, 6.07) is 7.63. The number of imidazole rings is 1. The minimum Gasteiger partial charge on any atom is -0.381 e. The molecule has 0 atom stereocenters. The van der Waals surface area contributed by atoms with E-state index in [0.29, 0.717) is 11.2 Å². The molecule has 4 aromatic rings. The van der Waals surface area contributed by atoms with Crippen molar-refractivity contribution >= 4 is 16.6 Å². The molecule has 3 heterocycles. The second-order valence-electron chi connectivity index (χ2n) is 7.05. The van der Waals surface area contributed by atoms with E-state index in [1.165, 1.54) is 0 Å². The molecule has 0 amide bonds. The molecule has 3 aromatic heterocycles. The average Bonchev–Trinajstić information content (AvgIpc) is 3.21. The smallest absolute Gasteiger partial charge is 0.278 e. The third-order valence-corrected chi connectivity index (χ3v) is 4.27. The van der Waals surface area contributed by atoms with Gasteiger partial charge in [-0.25, -0.2) is 4.98 Å². The van der Waals surface area contributed by atoms with Crippen LogP contribution in [0.25, 0.3) is 28.1 Å². The predicted octanol–water partition coefficient (Wildman–Crippen LogP) is 2.51. The first-order chi connectivity index (χ1) is 12.3. The highest BCUT2D eigenvalue weighted by Gasteiger charge is 2.27. The molecule has 1 aromatic carbocycles. The van der Waals surface area contributed by atoms with Gasteiger partial charge in [-0.1, -0.05) is 17.3 Å². The summed E-state index contributed by atoms with van der Waals surface area (Å²) in [6.07, 6.45) is 1.58. The number of para-hydroxylation sites is 2. The zero-order chi connectivity index (χ0) is 18.6. The van der Waals surface area contributed by atoms with Crippen LogP contribution in [0.2, 0.25) is 0 Å². The highest BCUT2D eigenvalue weighted by atomic mass is 16.5. The molecule has 0 spiro atoms. The number of benzene rings is 1. The molecule has 8 nitrogen and oxygen atoms in total. The maximum atomic E-state index is 13.2. The first-order valence-corrected chi connectivity index (χ1v) is 8.36. The van der Waals surface area contributed by atoms with Gasteiger partial charge in [0.1, 0.15) is 23.1 Å². The molecule has 0 fully saturated rings. The van der Waals surface area contributed by atoms with Gasteiger partial charge < -0.3 is 14.2 Å². The molecule has 26 heavy (non-hydrogen) atoms. The Kier molecular flexibility index (Phi) is 3.48. The van der Waals surface area contributed by atoms with E-state index in [2.05, 4.69) is 15.1 Å². The number of rotatable bonds is 3. The van der Waals surface area contributed by atoms with Crippen molar-refractivity contribution in [2.45, 2.75) is 39.3 Å². The molecule has 134 valence electrons. The highest BCUT2D eigenvalue weighted by Crippen LogP contribution is 2.26.